The van der Waals surface area contributed by atoms with Crippen LogP contribution in [0.1, 0.15) is 47.8 Å². The van der Waals surface area contributed by atoms with Crippen LogP contribution >= 0.6 is 23.2 Å². The van der Waals surface area contributed by atoms with E-state index in [1.807, 2.05) is 17.7 Å². The average Bonchev–Trinajstić information content (AvgIpc) is 3.11. The van der Waals surface area contributed by atoms with Crippen molar-refractivity contribution in [2.24, 2.45) is 0 Å². The van der Waals surface area contributed by atoms with E-state index in [1.54, 1.807) is 18.2 Å². The first-order valence-electron chi connectivity index (χ1n) is 7.37. The Labute approximate surface area is 139 Å². The van der Waals surface area contributed by atoms with Crippen molar-refractivity contribution in [3.05, 3.63) is 45.6 Å². The summed E-state index contributed by atoms with van der Waals surface area (Å²) in [6, 6.07) is 7.12. The van der Waals surface area contributed by atoms with Gasteiger partial charge in [0.2, 0.25) is 0 Å². The van der Waals surface area contributed by atoms with Gasteiger partial charge in [-0.15, -0.1) is 0 Å². The van der Waals surface area contributed by atoms with Crippen LogP contribution in [0.4, 0.5) is 5.82 Å². The zero-order chi connectivity index (χ0) is 15.7. The normalized spacial score (nSPS) is 15.2. The summed E-state index contributed by atoms with van der Waals surface area (Å²) in [6.07, 6.45) is 4.64. The molecule has 6 heteroatoms. The van der Waals surface area contributed by atoms with Crippen LogP contribution in [0, 0.1) is 6.92 Å². The summed E-state index contributed by atoms with van der Waals surface area (Å²) >= 11 is 11.9. The summed E-state index contributed by atoms with van der Waals surface area (Å²) in [5, 5.41) is 8.26. The van der Waals surface area contributed by atoms with Crippen LogP contribution in [-0.2, 0) is 0 Å². The molecule has 1 aromatic heterocycles. The molecular weight excluding hydrogens is 321 g/mol. The Morgan fingerprint density at radius 1 is 1.23 bits per heavy atom. The Kier molecular flexibility index (Phi) is 4.41. The maximum Gasteiger partial charge on any atom is 0.256 e. The lowest BCUT2D eigenvalue weighted by atomic mass is 10.2. The zero-order valence-electron chi connectivity index (χ0n) is 12.3. The lowest BCUT2D eigenvalue weighted by Crippen LogP contribution is -2.17. The van der Waals surface area contributed by atoms with Crippen LogP contribution in [0.5, 0.6) is 0 Å². The number of carbonyl (C=O) groups excluding carboxylic acids is 1. The highest BCUT2D eigenvalue weighted by Crippen LogP contribution is 2.32. The molecule has 3 rings (SSSR count). The van der Waals surface area contributed by atoms with E-state index in [0.717, 1.165) is 24.4 Å². The highest BCUT2D eigenvalue weighted by atomic mass is 35.5. The van der Waals surface area contributed by atoms with Crippen LogP contribution in [0.3, 0.4) is 0 Å². The topological polar surface area (TPSA) is 46.9 Å². The quantitative estimate of drug-likeness (QED) is 0.868. The van der Waals surface area contributed by atoms with Gasteiger partial charge >= 0.3 is 0 Å². The van der Waals surface area contributed by atoms with Gasteiger partial charge in [0.25, 0.3) is 5.91 Å². The highest BCUT2D eigenvalue weighted by Gasteiger charge is 2.21. The van der Waals surface area contributed by atoms with Crippen molar-refractivity contribution in [1.82, 2.24) is 9.78 Å². The number of nitrogens with one attached hydrogen (secondary N) is 1. The van der Waals surface area contributed by atoms with E-state index in [4.69, 9.17) is 23.2 Å². The molecular formula is C16H17Cl2N3O. The van der Waals surface area contributed by atoms with Crippen LogP contribution in [-0.4, -0.2) is 15.7 Å². The number of amides is 1. The van der Waals surface area contributed by atoms with E-state index in [1.165, 1.54) is 12.8 Å². The minimum absolute atomic E-state index is 0.210. The van der Waals surface area contributed by atoms with Crippen LogP contribution in [0.25, 0.3) is 0 Å². The Hall–Kier alpha value is -1.52. The molecule has 0 saturated heterocycles. The van der Waals surface area contributed by atoms with Gasteiger partial charge in [-0.05, 0) is 38.0 Å². The first-order chi connectivity index (χ1) is 10.5. The summed E-state index contributed by atoms with van der Waals surface area (Å²) in [5.41, 5.74) is 1.38. The largest absolute Gasteiger partial charge is 0.307 e. The van der Waals surface area contributed by atoms with Gasteiger partial charge in [-0.1, -0.05) is 36.0 Å². The highest BCUT2D eigenvalue weighted by molar-refractivity contribution is 6.42. The number of halogens is 2. The van der Waals surface area contributed by atoms with E-state index in [9.17, 15) is 4.79 Å². The molecule has 116 valence electrons. The molecule has 0 aliphatic heterocycles. The first-order valence-corrected chi connectivity index (χ1v) is 8.13. The van der Waals surface area contributed by atoms with Gasteiger partial charge in [0.15, 0.2) is 0 Å². The second-order valence-electron chi connectivity index (χ2n) is 5.64. The third kappa shape index (κ3) is 3.13. The van der Waals surface area contributed by atoms with Crippen LogP contribution in [0.2, 0.25) is 10.0 Å². The van der Waals surface area contributed by atoms with Crippen LogP contribution < -0.4 is 5.32 Å². The monoisotopic (exact) mass is 337 g/mol. The SMILES string of the molecule is Cc1cc(NC(=O)c2ccc(Cl)c(Cl)c2)n(C2CCCC2)n1. The fraction of sp³-hybridized carbons (Fsp3) is 0.375. The average molecular weight is 338 g/mol. The summed E-state index contributed by atoms with van der Waals surface area (Å²) in [6.45, 7) is 1.93. The van der Waals surface area contributed by atoms with Crippen molar-refractivity contribution in [2.45, 2.75) is 38.6 Å². The van der Waals surface area contributed by atoms with Gasteiger partial charge in [0, 0.05) is 11.6 Å². The molecule has 2 aromatic rings. The second-order valence-corrected chi connectivity index (χ2v) is 6.45. The predicted octanol–water partition coefficient (Wildman–Crippen LogP) is 4.87. The summed E-state index contributed by atoms with van der Waals surface area (Å²) in [4.78, 5) is 12.4. The molecule has 0 unspecified atom stereocenters. The van der Waals surface area contributed by atoms with E-state index >= 15 is 0 Å². The number of hydrogen-bond acceptors (Lipinski definition) is 2. The lowest BCUT2D eigenvalue weighted by molar-refractivity contribution is 0.102. The Bertz CT molecular complexity index is 705. The Morgan fingerprint density at radius 2 is 1.95 bits per heavy atom. The van der Waals surface area contributed by atoms with E-state index in [2.05, 4.69) is 10.4 Å². The first kappa shape index (κ1) is 15.4. The van der Waals surface area contributed by atoms with Gasteiger partial charge in [-0.25, -0.2) is 4.68 Å². The standard InChI is InChI=1S/C16H17Cl2N3O/c1-10-8-15(21(20-10)12-4-2-3-5-12)19-16(22)11-6-7-13(17)14(18)9-11/h6-9,12H,2-5H2,1H3,(H,19,22). The van der Waals surface area contributed by atoms with Crippen molar-refractivity contribution in [1.29, 1.82) is 0 Å². The van der Waals surface area contributed by atoms with Crippen molar-refractivity contribution in [3.8, 4) is 0 Å². The molecule has 1 fully saturated rings. The van der Waals surface area contributed by atoms with E-state index < -0.39 is 0 Å². The van der Waals surface area contributed by atoms with Gasteiger partial charge in [0.1, 0.15) is 5.82 Å². The van der Waals surface area contributed by atoms with Gasteiger partial charge < -0.3 is 5.32 Å². The molecule has 1 aliphatic carbocycles. The molecule has 1 aromatic carbocycles. The van der Waals surface area contributed by atoms with Crippen molar-refractivity contribution in [3.63, 3.8) is 0 Å². The number of anilines is 1. The van der Waals surface area contributed by atoms with Crippen molar-refractivity contribution in [2.75, 3.05) is 5.32 Å². The van der Waals surface area contributed by atoms with Crippen molar-refractivity contribution >= 4 is 34.9 Å². The maximum absolute atomic E-state index is 12.4. The number of aromatic nitrogens is 2. The van der Waals surface area contributed by atoms with Crippen LogP contribution in [0.15, 0.2) is 24.3 Å². The number of benzene rings is 1. The molecule has 1 saturated carbocycles. The molecule has 1 heterocycles. The Balaban J connectivity index is 1.83. The summed E-state index contributed by atoms with van der Waals surface area (Å²) in [5.74, 6) is 0.526. The van der Waals surface area contributed by atoms with Crippen molar-refractivity contribution < 1.29 is 4.79 Å². The number of carbonyl (C=O) groups is 1. The summed E-state index contributed by atoms with van der Waals surface area (Å²) < 4.78 is 1.94. The number of hydrogen-bond donors (Lipinski definition) is 1. The molecule has 22 heavy (non-hydrogen) atoms. The lowest BCUT2D eigenvalue weighted by Gasteiger charge is -2.14. The number of nitrogens with zero attached hydrogens (tertiary/aromatic N) is 2. The molecule has 1 aliphatic rings. The maximum atomic E-state index is 12.4. The predicted molar refractivity (Wildman–Crippen MR) is 88.9 cm³/mol. The van der Waals surface area contributed by atoms with Gasteiger partial charge in [-0.3, -0.25) is 4.79 Å². The molecule has 0 bridgehead atoms. The molecule has 4 nitrogen and oxygen atoms in total. The number of rotatable bonds is 3. The Morgan fingerprint density at radius 3 is 2.64 bits per heavy atom. The van der Waals surface area contributed by atoms with E-state index in [0.29, 0.717) is 21.7 Å². The zero-order valence-corrected chi connectivity index (χ0v) is 13.8. The van der Waals surface area contributed by atoms with Gasteiger partial charge in [-0.2, -0.15) is 5.10 Å². The fourth-order valence-electron chi connectivity index (χ4n) is 2.86. The smallest absolute Gasteiger partial charge is 0.256 e. The minimum atomic E-state index is -0.210. The molecule has 0 radical (unpaired) electrons. The summed E-state index contributed by atoms with van der Waals surface area (Å²) in [7, 11) is 0. The molecule has 1 N–H and O–H groups in total. The minimum Gasteiger partial charge on any atom is -0.307 e. The second kappa shape index (κ2) is 6.31. The fourth-order valence-corrected chi connectivity index (χ4v) is 3.16. The third-order valence-corrected chi connectivity index (χ3v) is 4.69. The van der Waals surface area contributed by atoms with Gasteiger partial charge in [0.05, 0.1) is 21.8 Å². The third-order valence-electron chi connectivity index (χ3n) is 3.95. The number of aryl methyl sites for hydroxylation is 1. The molecule has 0 spiro atoms. The molecule has 0 atom stereocenters. The molecule has 1 amide bonds. The van der Waals surface area contributed by atoms with E-state index in [-0.39, 0.29) is 5.91 Å².